The fraction of sp³-hybridized carbons (Fsp3) is 0.0909. The summed E-state index contributed by atoms with van der Waals surface area (Å²) in [6.07, 6.45) is -0.106. The van der Waals surface area contributed by atoms with Crippen LogP contribution in [0.25, 0.3) is 27.5 Å². The maximum absolute atomic E-state index is 11.1. The summed E-state index contributed by atoms with van der Waals surface area (Å²) in [4.78, 5) is 22.2. The van der Waals surface area contributed by atoms with Gasteiger partial charge in [0, 0.05) is 16.5 Å². The highest BCUT2D eigenvalue weighted by Crippen LogP contribution is 2.33. The second-order valence-corrected chi connectivity index (χ2v) is 6.51. The monoisotopic (exact) mass is 359 g/mol. The molecule has 0 aliphatic carbocycles. The van der Waals surface area contributed by atoms with Crippen LogP contribution in [0, 0.1) is 0 Å². The van der Waals surface area contributed by atoms with Crippen LogP contribution in [0.15, 0.2) is 66.7 Å². The molecule has 3 aromatic carbocycles. The van der Waals surface area contributed by atoms with E-state index in [1.807, 2.05) is 66.7 Å². The predicted octanol–water partition coefficient (Wildman–Crippen LogP) is 4.04. The van der Waals surface area contributed by atoms with E-state index in [0.29, 0.717) is 11.1 Å². The number of carbonyl (C=O) groups is 2. The standard InChI is InChI=1S/C22H17NO4/c24-21(25)12-14-6-8-19-17(10-14)18-11-15(13-22(26)27)7-9-20(18)23(19)16-4-2-1-3-5-16/h1-11H,12-13H2,(H,24,25)(H,26,27). The zero-order valence-electron chi connectivity index (χ0n) is 14.4. The number of fused-ring (bicyclic) bond motifs is 3. The third-order valence-corrected chi connectivity index (χ3v) is 4.62. The summed E-state index contributed by atoms with van der Waals surface area (Å²) in [6, 6.07) is 21.2. The van der Waals surface area contributed by atoms with Crippen molar-refractivity contribution >= 4 is 33.7 Å². The molecule has 0 saturated carbocycles. The molecular formula is C22H17NO4. The number of carboxylic acids is 2. The van der Waals surface area contributed by atoms with Crippen molar-refractivity contribution in [2.45, 2.75) is 12.8 Å². The molecule has 0 fully saturated rings. The van der Waals surface area contributed by atoms with Crippen LogP contribution >= 0.6 is 0 Å². The lowest BCUT2D eigenvalue weighted by molar-refractivity contribution is -0.137. The summed E-state index contributed by atoms with van der Waals surface area (Å²) in [6.45, 7) is 0. The third-order valence-electron chi connectivity index (χ3n) is 4.62. The van der Waals surface area contributed by atoms with Crippen LogP contribution in [0.2, 0.25) is 0 Å². The maximum Gasteiger partial charge on any atom is 0.307 e. The fourth-order valence-corrected chi connectivity index (χ4v) is 3.54. The molecule has 0 atom stereocenters. The van der Waals surface area contributed by atoms with Gasteiger partial charge in [0.2, 0.25) is 0 Å². The first-order valence-electron chi connectivity index (χ1n) is 8.58. The summed E-state index contributed by atoms with van der Waals surface area (Å²) in [5.74, 6) is -1.76. The highest BCUT2D eigenvalue weighted by molar-refractivity contribution is 6.10. The van der Waals surface area contributed by atoms with Crippen LogP contribution in [0.4, 0.5) is 0 Å². The number of aliphatic carboxylic acids is 2. The quantitative estimate of drug-likeness (QED) is 0.564. The molecule has 0 aliphatic rings. The minimum Gasteiger partial charge on any atom is -0.481 e. The molecule has 5 nitrogen and oxygen atoms in total. The van der Waals surface area contributed by atoms with Gasteiger partial charge < -0.3 is 14.8 Å². The summed E-state index contributed by atoms with van der Waals surface area (Å²) < 4.78 is 2.11. The van der Waals surface area contributed by atoms with Crippen LogP contribution in [0.3, 0.4) is 0 Å². The Morgan fingerprint density at radius 3 is 1.63 bits per heavy atom. The molecule has 27 heavy (non-hydrogen) atoms. The largest absolute Gasteiger partial charge is 0.481 e. The van der Waals surface area contributed by atoms with Gasteiger partial charge in [0.1, 0.15) is 0 Å². The number of nitrogens with zero attached hydrogens (tertiary/aromatic N) is 1. The highest BCUT2D eigenvalue weighted by atomic mass is 16.4. The van der Waals surface area contributed by atoms with E-state index in [4.69, 9.17) is 10.2 Å². The molecule has 5 heteroatoms. The average Bonchev–Trinajstić information content (AvgIpc) is 2.95. The summed E-state index contributed by atoms with van der Waals surface area (Å²) in [5, 5.41) is 20.0. The molecule has 0 bridgehead atoms. The topological polar surface area (TPSA) is 79.5 Å². The van der Waals surface area contributed by atoms with E-state index in [-0.39, 0.29) is 12.8 Å². The van der Waals surface area contributed by atoms with E-state index < -0.39 is 11.9 Å². The van der Waals surface area contributed by atoms with Gasteiger partial charge in [-0.2, -0.15) is 0 Å². The van der Waals surface area contributed by atoms with Gasteiger partial charge >= 0.3 is 11.9 Å². The Labute approximate surface area is 155 Å². The van der Waals surface area contributed by atoms with Gasteiger partial charge in [-0.25, -0.2) is 0 Å². The minimum absolute atomic E-state index is 0.0528. The molecule has 1 aromatic heterocycles. The fourth-order valence-electron chi connectivity index (χ4n) is 3.54. The molecule has 0 aliphatic heterocycles. The molecule has 0 saturated heterocycles. The zero-order chi connectivity index (χ0) is 19.0. The number of hydrogen-bond acceptors (Lipinski definition) is 2. The summed E-state index contributed by atoms with van der Waals surface area (Å²) >= 11 is 0. The Bertz CT molecular complexity index is 1100. The number of hydrogen-bond donors (Lipinski definition) is 2. The second-order valence-electron chi connectivity index (χ2n) is 6.51. The lowest BCUT2D eigenvalue weighted by atomic mass is 10.0. The van der Waals surface area contributed by atoms with Crippen molar-refractivity contribution in [1.29, 1.82) is 0 Å². The van der Waals surface area contributed by atoms with Crippen LogP contribution in [-0.4, -0.2) is 26.7 Å². The van der Waals surface area contributed by atoms with Crippen molar-refractivity contribution in [3.63, 3.8) is 0 Å². The molecule has 134 valence electrons. The molecule has 0 amide bonds. The molecule has 0 unspecified atom stereocenters. The maximum atomic E-state index is 11.1. The summed E-state index contributed by atoms with van der Waals surface area (Å²) in [5.41, 5.74) is 4.33. The highest BCUT2D eigenvalue weighted by Gasteiger charge is 2.14. The van der Waals surface area contributed by atoms with Gasteiger partial charge in [0.25, 0.3) is 0 Å². The molecule has 4 aromatic rings. The third kappa shape index (κ3) is 3.15. The van der Waals surface area contributed by atoms with Crippen molar-refractivity contribution < 1.29 is 19.8 Å². The first-order chi connectivity index (χ1) is 13.0. The predicted molar refractivity (Wildman–Crippen MR) is 103 cm³/mol. The van der Waals surface area contributed by atoms with Gasteiger partial charge in [-0.3, -0.25) is 9.59 Å². The van der Waals surface area contributed by atoms with E-state index in [1.54, 1.807) is 0 Å². The molecule has 2 N–H and O–H groups in total. The van der Waals surface area contributed by atoms with Crippen molar-refractivity contribution in [3.8, 4) is 5.69 Å². The average molecular weight is 359 g/mol. The van der Waals surface area contributed by atoms with Gasteiger partial charge in [-0.1, -0.05) is 30.3 Å². The molecule has 1 heterocycles. The van der Waals surface area contributed by atoms with Crippen molar-refractivity contribution in [2.24, 2.45) is 0 Å². The van der Waals surface area contributed by atoms with E-state index >= 15 is 0 Å². The van der Waals surface area contributed by atoms with Crippen molar-refractivity contribution in [3.05, 3.63) is 77.9 Å². The van der Waals surface area contributed by atoms with E-state index in [1.165, 1.54) is 0 Å². The van der Waals surface area contributed by atoms with E-state index in [2.05, 4.69) is 4.57 Å². The van der Waals surface area contributed by atoms with Gasteiger partial charge in [0.15, 0.2) is 0 Å². The van der Waals surface area contributed by atoms with Crippen molar-refractivity contribution in [1.82, 2.24) is 4.57 Å². The number of para-hydroxylation sites is 1. The van der Waals surface area contributed by atoms with Gasteiger partial charge in [-0.15, -0.1) is 0 Å². The Hall–Kier alpha value is -3.60. The number of carboxylic acid groups (broad SMARTS) is 2. The molecule has 4 rings (SSSR count). The Morgan fingerprint density at radius 2 is 1.19 bits per heavy atom. The van der Waals surface area contributed by atoms with Gasteiger partial charge in [0.05, 0.1) is 23.9 Å². The molecular weight excluding hydrogens is 342 g/mol. The normalized spacial score (nSPS) is 11.1. The summed E-state index contributed by atoms with van der Waals surface area (Å²) in [7, 11) is 0. The molecule has 0 spiro atoms. The van der Waals surface area contributed by atoms with Crippen LogP contribution < -0.4 is 0 Å². The second kappa shape index (κ2) is 6.61. The molecule has 0 radical (unpaired) electrons. The van der Waals surface area contributed by atoms with Crippen LogP contribution in [-0.2, 0) is 22.4 Å². The SMILES string of the molecule is O=C(O)Cc1ccc2c(c1)c1cc(CC(=O)O)ccc1n2-c1ccccc1. The number of benzene rings is 3. The van der Waals surface area contributed by atoms with Crippen LogP contribution in [0.5, 0.6) is 0 Å². The van der Waals surface area contributed by atoms with Gasteiger partial charge in [-0.05, 0) is 47.5 Å². The van der Waals surface area contributed by atoms with E-state index in [0.717, 1.165) is 27.5 Å². The first-order valence-corrected chi connectivity index (χ1v) is 8.58. The first kappa shape index (κ1) is 16.8. The number of aromatic nitrogens is 1. The Morgan fingerprint density at radius 1 is 0.704 bits per heavy atom. The van der Waals surface area contributed by atoms with E-state index in [9.17, 15) is 9.59 Å². The lowest BCUT2D eigenvalue weighted by Gasteiger charge is -2.08. The minimum atomic E-state index is -0.882. The zero-order valence-corrected chi connectivity index (χ0v) is 14.4. The lowest BCUT2D eigenvalue weighted by Crippen LogP contribution is -1.99. The van der Waals surface area contributed by atoms with Crippen molar-refractivity contribution in [2.75, 3.05) is 0 Å². The van der Waals surface area contributed by atoms with Crippen LogP contribution in [0.1, 0.15) is 11.1 Å². The smallest absolute Gasteiger partial charge is 0.307 e. The Balaban J connectivity index is 2.03. The number of rotatable bonds is 5. The Kier molecular flexibility index (Phi) is 4.12.